The van der Waals surface area contributed by atoms with E-state index in [4.69, 9.17) is 15.2 Å². The van der Waals surface area contributed by atoms with Crippen molar-refractivity contribution in [3.05, 3.63) is 24.0 Å². The third-order valence-corrected chi connectivity index (χ3v) is 2.56. The summed E-state index contributed by atoms with van der Waals surface area (Å²) in [6, 6.07) is 1.54. The summed E-state index contributed by atoms with van der Waals surface area (Å²) in [5, 5.41) is 0. The maximum Gasteiger partial charge on any atom is 0.340 e. The van der Waals surface area contributed by atoms with E-state index in [-0.39, 0.29) is 5.60 Å². The van der Waals surface area contributed by atoms with Crippen LogP contribution in [0.25, 0.3) is 0 Å². The Morgan fingerprint density at radius 1 is 1.53 bits per heavy atom. The highest BCUT2D eigenvalue weighted by molar-refractivity contribution is 5.94. The van der Waals surface area contributed by atoms with Gasteiger partial charge in [0.1, 0.15) is 0 Å². The average Bonchev–Trinajstić information content (AvgIpc) is 2.29. The van der Waals surface area contributed by atoms with E-state index in [1.165, 1.54) is 12.4 Å². The minimum Gasteiger partial charge on any atom is -0.462 e. The molecular formula is C12H18N2O3. The average molecular weight is 238 g/mol. The molecule has 1 aromatic rings. The van der Waals surface area contributed by atoms with Crippen molar-refractivity contribution < 1.29 is 14.3 Å². The molecule has 1 rings (SSSR count). The zero-order valence-electron chi connectivity index (χ0n) is 10.4. The summed E-state index contributed by atoms with van der Waals surface area (Å²) in [6.07, 6.45) is 3.56. The van der Waals surface area contributed by atoms with Crippen molar-refractivity contribution in [1.29, 1.82) is 0 Å². The smallest absolute Gasteiger partial charge is 0.340 e. The molecule has 0 aliphatic carbocycles. The molecule has 0 fully saturated rings. The largest absolute Gasteiger partial charge is 0.462 e. The second-order valence-corrected chi connectivity index (χ2v) is 4.31. The van der Waals surface area contributed by atoms with E-state index in [0.29, 0.717) is 24.3 Å². The molecular weight excluding hydrogens is 220 g/mol. The standard InChI is InChI=1S/C12H18N2O3/c1-12(2,16-3)5-7-17-11(15)9-4-6-14-8-10(9)13/h4,6,8H,5,7,13H2,1-3H3. The summed E-state index contributed by atoms with van der Waals surface area (Å²) in [6.45, 7) is 4.16. The molecule has 0 amide bonds. The van der Waals surface area contributed by atoms with Crippen LogP contribution in [-0.2, 0) is 9.47 Å². The summed E-state index contributed by atoms with van der Waals surface area (Å²) >= 11 is 0. The maximum atomic E-state index is 11.7. The molecule has 0 spiro atoms. The van der Waals surface area contributed by atoms with Crippen LogP contribution in [0.4, 0.5) is 5.69 Å². The molecule has 5 nitrogen and oxygen atoms in total. The molecule has 94 valence electrons. The van der Waals surface area contributed by atoms with Crippen molar-refractivity contribution in [1.82, 2.24) is 4.98 Å². The van der Waals surface area contributed by atoms with Crippen molar-refractivity contribution in [3.63, 3.8) is 0 Å². The number of rotatable bonds is 5. The third kappa shape index (κ3) is 4.03. The summed E-state index contributed by atoms with van der Waals surface area (Å²) in [5.74, 6) is -0.434. The van der Waals surface area contributed by atoms with Gasteiger partial charge in [0.25, 0.3) is 0 Å². The van der Waals surface area contributed by atoms with Gasteiger partial charge in [-0.15, -0.1) is 0 Å². The maximum absolute atomic E-state index is 11.7. The normalized spacial score (nSPS) is 11.2. The first-order valence-electron chi connectivity index (χ1n) is 5.38. The molecule has 1 heterocycles. The molecule has 17 heavy (non-hydrogen) atoms. The van der Waals surface area contributed by atoms with Crippen LogP contribution in [0.5, 0.6) is 0 Å². The Kier molecular flexibility index (Phi) is 4.45. The Labute approximate surface area is 101 Å². The molecule has 0 saturated heterocycles. The minimum atomic E-state index is -0.434. The van der Waals surface area contributed by atoms with Gasteiger partial charge < -0.3 is 15.2 Å². The van der Waals surface area contributed by atoms with Gasteiger partial charge >= 0.3 is 5.97 Å². The zero-order valence-corrected chi connectivity index (χ0v) is 10.4. The van der Waals surface area contributed by atoms with Crippen molar-refractivity contribution in [2.45, 2.75) is 25.9 Å². The topological polar surface area (TPSA) is 74.4 Å². The number of aromatic nitrogens is 1. The molecule has 0 radical (unpaired) electrons. The molecule has 5 heteroatoms. The van der Waals surface area contributed by atoms with Crippen LogP contribution in [0.1, 0.15) is 30.6 Å². The lowest BCUT2D eigenvalue weighted by Gasteiger charge is -2.22. The van der Waals surface area contributed by atoms with Gasteiger partial charge in [0.15, 0.2) is 0 Å². The third-order valence-electron chi connectivity index (χ3n) is 2.56. The van der Waals surface area contributed by atoms with Crippen molar-refractivity contribution >= 4 is 11.7 Å². The van der Waals surface area contributed by atoms with E-state index in [9.17, 15) is 4.79 Å². The molecule has 1 aromatic heterocycles. The highest BCUT2D eigenvalue weighted by Crippen LogP contribution is 2.14. The van der Waals surface area contributed by atoms with E-state index in [1.54, 1.807) is 13.2 Å². The SMILES string of the molecule is COC(C)(C)CCOC(=O)c1ccncc1N. The van der Waals surface area contributed by atoms with Crippen LogP contribution in [0, 0.1) is 0 Å². The van der Waals surface area contributed by atoms with E-state index in [1.807, 2.05) is 13.8 Å². The molecule has 2 N–H and O–H groups in total. The first-order valence-corrected chi connectivity index (χ1v) is 5.38. The van der Waals surface area contributed by atoms with Crippen LogP contribution in [0.2, 0.25) is 0 Å². The summed E-state index contributed by atoms with van der Waals surface area (Å²) in [5.41, 5.74) is 5.98. The summed E-state index contributed by atoms with van der Waals surface area (Å²) < 4.78 is 10.3. The fourth-order valence-electron chi connectivity index (χ4n) is 1.16. The number of nitrogens with two attached hydrogens (primary N) is 1. The van der Waals surface area contributed by atoms with E-state index >= 15 is 0 Å². The molecule has 0 unspecified atom stereocenters. The first kappa shape index (κ1) is 13.4. The summed E-state index contributed by atoms with van der Waals surface area (Å²) in [4.78, 5) is 15.5. The number of carbonyl (C=O) groups is 1. The van der Waals surface area contributed by atoms with E-state index < -0.39 is 5.97 Å². The second kappa shape index (κ2) is 5.63. The van der Waals surface area contributed by atoms with Gasteiger partial charge in [-0.25, -0.2) is 4.79 Å². The number of hydrogen-bond acceptors (Lipinski definition) is 5. The predicted octanol–water partition coefficient (Wildman–Crippen LogP) is 1.64. The lowest BCUT2D eigenvalue weighted by molar-refractivity contribution is -0.00560. The van der Waals surface area contributed by atoms with Crippen LogP contribution in [-0.4, -0.2) is 30.3 Å². The highest BCUT2D eigenvalue weighted by atomic mass is 16.5. The quantitative estimate of drug-likeness (QED) is 0.789. The highest BCUT2D eigenvalue weighted by Gasteiger charge is 2.18. The number of methoxy groups -OCH3 is 1. The first-order chi connectivity index (χ1) is 7.96. The van der Waals surface area contributed by atoms with Crippen molar-refractivity contribution in [3.8, 4) is 0 Å². The van der Waals surface area contributed by atoms with Gasteiger partial charge in [0.05, 0.1) is 29.7 Å². The Morgan fingerprint density at radius 2 is 2.24 bits per heavy atom. The van der Waals surface area contributed by atoms with Crippen molar-refractivity contribution in [2.75, 3.05) is 19.5 Å². The number of pyridine rings is 1. The Bertz CT molecular complexity index is 391. The Morgan fingerprint density at radius 3 is 2.82 bits per heavy atom. The Balaban J connectivity index is 2.49. The van der Waals surface area contributed by atoms with Gasteiger partial charge in [-0.1, -0.05) is 0 Å². The molecule has 0 aromatic carbocycles. The predicted molar refractivity (Wildman–Crippen MR) is 64.6 cm³/mol. The van der Waals surface area contributed by atoms with E-state index in [0.717, 1.165) is 0 Å². The van der Waals surface area contributed by atoms with E-state index in [2.05, 4.69) is 4.98 Å². The van der Waals surface area contributed by atoms with Gasteiger partial charge in [-0.3, -0.25) is 4.98 Å². The fourth-order valence-corrected chi connectivity index (χ4v) is 1.16. The number of anilines is 1. The molecule has 0 saturated carbocycles. The molecule has 0 bridgehead atoms. The molecule has 0 aliphatic rings. The van der Waals surface area contributed by atoms with Gasteiger partial charge in [-0.2, -0.15) is 0 Å². The van der Waals surface area contributed by atoms with Crippen LogP contribution in [0.15, 0.2) is 18.5 Å². The zero-order chi connectivity index (χ0) is 12.9. The molecule has 0 aliphatic heterocycles. The Hall–Kier alpha value is -1.62. The number of nitrogens with zero attached hydrogens (tertiary/aromatic N) is 1. The minimum absolute atomic E-state index is 0.293. The summed E-state index contributed by atoms with van der Waals surface area (Å²) in [7, 11) is 1.63. The van der Waals surface area contributed by atoms with Crippen LogP contribution >= 0.6 is 0 Å². The van der Waals surface area contributed by atoms with Gasteiger partial charge in [-0.05, 0) is 19.9 Å². The fraction of sp³-hybridized carbons (Fsp3) is 0.500. The van der Waals surface area contributed by atoms with Crippen LogP contribution in [0.3, 0.4) is 0 Å². The van der Waals surface area contributed by atoms with Crippen molar-refractivity contribution in [2.24, 2.45) is 0 Å². The number of ether oxygens (including phenoxy) is 2. The molecule has 0 atom stereocenters. The number of hydrogen-bond donors (Lipinski definition) is 1. The lowest BCUT2D eigenvalue weighted by Crippen LogP contribution is -2.25. The monoisotopic (exact) mass is 238 g/mol. The number of carbonyl (C=O) groups excluding carboxylic acids is 1. The van der Waals surface area contributed by atoms with Gasteiger partial charge in [0.2, 0.25) is 0 Å². The van der Waals surface area contributed by atoms with Gasteiger partial charge in [0, 0.05) is 19.7 Å². The van der Waals surface area contributed by atoms with Crippen LogP contribution < -0.4 is 5.73 Å². The number of esters is 1. The number of nitrogen functional groups attached to an aromatic ring is 1. The lowest BCUT2D eigenvalue weighted by atomic mass is 10.1. The second-order valence-electron chi connectivity index (χ2n) is 4.31.